The van der Waals surface area contributed by atoms with E-state index in [4.69, 9.17) is 29.1 Å². The molecule has 2 N–H and O–H groups in total. The third-order valence-electron chi connectivity index (χ3n) is 3.04. The third kappa shape index (κ3) is 7.20. The first-order valence-electron chi connectivity index (χ1n) is 6.78. The van der Waals surface area contributed by atoms with Crippen molar-refractivity contribution < 1.29 is 18.5 Å². The molecule has 0 bridgehead atoms. The van der Waals surface area contributed by atoms with Crippen LogP contribution in [0.5, 0.6) is 0 Å². The van der Waals surface area contributed by atoms with Gasteiger partial charge in [0.25, 0.3) is 0 Å². The van der Waals surface area contributed by atoms with Crippen LogP contribution in [0.15, 0.2) is 91.0 Å². The van der Waals surface area contributed by atoms with Crippen molar-refractivity contribution in [2.45, 2.75) is 0 Å². The summed E-state index contributed by atoms with van der Waals surface area (Å²) in [6, 6.07) is 32.3. The van der Waals surface area contributed by atoms with Gasteiger partial charge in [0.1, 0.15) is 0 Å². The normalized spacial score (nSPS) is 10.2. The van der Waals surface area contributed by atoms with Gasteiger partial charge in [0.15, 0.2) is 0 Å². The number of benzene rings is 3. The van der Waals surface area contributed by atoms with Crippen LogP contribution in [-0.2, 0) is 13.0 Å². The first kappa shape index (κ1) is 21.6. The quantitative estimate of drug-likeness (QED) is 0.378. The van der Waals surface area contributed by atoms with Gasteiger partial charge in [-0.1, -0.05) is 91.0 Å². The van der Waals surface area contributed by atoms with E-state index in [9.17, 15) is 0 Å². The standard InChI is InChI=1S/C18H15P.3ClH.H2O.Rh/c1-4-10-16(11-5-1)19(17-12-6-2-7-13-17)18-14-8-3-9-15-18;;;;;/h1-15H;3*1H;1H2;/q;;;;;+3/p-3. The van der Waals surface area contributed by atoms with E-state index in [-0.39, 0.29) is 5.48 Å². The van der Waals surface area contributed by atoms with E-state index >= 15 is 0 Å². The average Bonchev–Trinajstić information content (AvgIpc) is 2.58. The maximum Gasteiger partial charge on any atom is -0.0134 e. The molecule has 3 aromatic rings. The Kier molecular flexibility index (Phi) is 10.8. The summed E-state index contributed by atoms with van der Waals surface area (Å²) in [5.74, 6) is 0. The van der Waals surface area contributed by atoms with Crippen molar-refractivity contribution in [3.63, 3.8) is 0 Å². The number of rotatable bonds is 3. The van der Waals surface area contributed by atoms with Crippen LogP contribution in [0, 0.1) is 0 Å². The minimum absolute atomic E-state index is 0. The van der Waals surface area contributed by atoms with Crippen LogP contribution in [-0.4, -0.2) is 5.48 Å². The molecule has 24 heavy (non-hydrogen) atoms. The number of hydrogen-bond acceptors (Lipinski definition) is 0. The Bertz CT molecular complexity index is 588. The predicted molar refractivity (Wildman–Crippen MR) is 106 cm³/mol. The second-order valence-corrected chi connectivity index (χ2v) is 14.2. The van der Waals surface area contributed by atoms with Gasteiger partial charge >= 0.3 is 42.1 Å². The van der Waals surface area contributed by atoms with Crippen molar-refractivity contribution in [1.82, 2.24) is 0 Å². The summed E-state index contributed by atoms with van der Waals surface area (Å²) in [4.78, 5) is 0. The summed E-state index contributed by atoms with van der Waals surface area (Å²) in [5, 5.41) is 4.19. The fourth-order valence-corrected chi connectivity index (χ4v) is 4.48. The summed E-state index contributed by atoms with van der Waals surface area (Å²) in [6.07, 6.45) is 0. The zero-order chi connectivity index (χ0) is 16.5. The molecule has 0 saturated heterocycles. The fraction of sp³-hybridized carbons (Fsp3) is 0. The van der Waals surface area contributed by atoms with Crippen molar-refractivity contribution in [3.8, 4) is 0 Å². The minimum Gasteiger partial charge on any atom is -0.0622 e. The Morgan fingerprint density at radius 2 is 0.708 bits per heavy atom. The summed E-state index contributed by atoms with van der Waals surface area (Å²) >= 11 is -1.66. The largest absolute Gasteiger partial charge is 0.0622 e. The summed E-state index contributed by atoms with van der Waals surface area (Å²) in [5.41, 5.74) is 0. The van der Waals surface area contributed by atoms with E-state index in [1.165, 1.54) is 15.9 Å². The first-order chi connectivity index (χ1) is 11.2. The molecule has 130 valence electrons. The molecular weight excluding hydrogens is 472 g/mol. The smallest absolute Gasteiger partial charge is 0.0134 e. The molecule has 0 fully saturated rings. The van der Waals surface area contributed by atoms with Crippen LogP contribution in [0.4, 0.5) is 0 Å². The van der Waals surface area contributed by atoms with Gasteiger partial charge in [0, 0.05) is 0 Å². The van der Waals surface area contributed by atoms with Gasteiger partial charge < -0.3 is 5.48 Å². The zero-order valence-corrected chi connectivity index (χ0v) is 17.4. The molecular formula is C18H17Cl3OPRh. The Hall–Kier alpha value is -0.457. The zero-order valence-electron chi connectivity index (χ0n) is 12.6. The first-order valence-corrected chi connectivity index (χ1v) is 14.5. The summed E-state index contributed by atoms with van der Waals surface area (Å²) in [6.45, 7) is 0. The molecule has 0 atom stereocenters. The molecule has 6 heteroatoms. The maximum absolute atomic E-state index is 4.94. The monoisotopic (exact) mass is 488 g/mol. The molecule has 0 aliphatic carbocycles. The Balaban J connectivity index is 0.000000522. The Morgan fingerprint density at radius 3 is 0.917 bits per heavy atom. The maximum atomic E-state index is 4.94. The van der Waals surface area contributed by atoms with Crippen LogP contribution in [0.25, 0.3) is 0 Å². The van der Waals surface area contributed by atoms with Crippen molar-refractivity contribution in [1.29, 1.82) is 0 Å². The van der Waals surface area contributed by atoms with Gasteiger partial charge in [0.2, 0.25) is 0 Å². The van der Waals surface area contributed by atoms with Crippen LogP contribution in [0.3, 0.4) is 0 Å². The molecule has 0 aliphatic heterocycles. The van der Waals surface area contributed by atoms with Crippen LogP contribution < -0.4 is 15.9 Å². The molecule has 3 aromatic carbocycles. The van der Waals surface area contributed by atoms with Gasteiger partial charge in [-0.2, -0.15) is 0 Å². The van der Waals surface area contributed by atoms with Crippen LogP contribution >= 0.6 is 37.0 Å². The van der Waals surface area contributed by atoms with Gasteiger partial charge in [-0.3, -0.25) is 0 Å². The van der Waals surface area contributed by atoms with Gasteiger partial charge in [-0.05, 0) is 23.8 Å². The molecule has 1 nitrogen and oxygen atoms in total. The van der Waals surface area contributed by atoms with Crippen molar-refractivity contribution in [2.75, 3.05) is 0 Å². The van der Waals surface area contributed by atoms with E-state index < -0.39 is 20.9 Å². The topological polar surface area (TPSA) is 31.5 Å². The molecule has 0 spiro atoms. The minimum atomic E-state index is -1.66. The summed E-state index contributed by atoms with van der Waals surface area (Å²) < 4.78 is 0. The molecule has 3 rings (SSSR count). The molecule has 0 unspecified atom stereocenters. The molecule has 0 aliphatic rings. The number of hydrogen-bond donors (Lipinski definition) is 0. The van der Waals surface area contributed by atoms with E-state index in [0.29, 0.717) is 0 Å². The third-order valence-corrected chi connectivity index (χ3v) is 5.49. The fourth-order valence-electron chi connectivity index (χ4n) is 2.18. The molecule has 0 heterocycles. The Labute approximate surface area is 161 Å². The number of halogens is 3. The second-order valence-electron chi connectivity index (χ2n) is 4.48. The van der Waals surface area contributed by atoms with E-state index in [1.54, 1.807) is 0 Å². The molecule has 0 radical (unpaired) electrons. The Morgan fingerprint density at radius 1 is 0.500 bits per heavy atom. The van der Waals surface area contributed by atoms with Crippen molar-refractivity contribution in [2.24, 2.45) is 0 Å². The van der Waals surface area contributed by atoms with Crippen molar-refractivity contribution in [3.05, 3.63) is 91.0 Å². The van der Waals surface area contributed by atoms with E-state index in [1.807, 2.05) is 0 Å². The summed E-state index contributed by atoms with van der Waals surface area (Å²) in [7, 11) is 14.4. The van der Waals surface area contributed by atoms with Gasteiger partial charge in [0.05, 0.1) is 0 Å². The van der Waals surface area contributed by atoms with Crippen LogP contribution in [0.2, 0.25) is 0 Å². The average molecular weight is 490 g/mol. The van der Waals surface area contributed by atoms with Gasteiger partial charge in [-0.15, -0.1) is 0 Å². The van der Waals surface area contributed by atoms with E-state index in [2.05, 4.69) is 91.0 Å². The molecule has 0 amide bonds. The van der Waals surface area contributed by atoms with Crippen LogP contribution in [0.1, 0.15) is 0 Å². The van der Waals surface area contributed by atoms with E-state index in [0.717, 1.165) is 0 Å². The van der Waals surface area contributed by atoms with Gasteiger partial charge in [-0.25, -0.2) is 0 Å². The molecule has 0 saturated carbocycles. The second kappa shape index (κ2) is 12.0. The molecule has 0 aromatic heterocycles. The van der Waals surface area contributed by atoms with Crippen molar-refractivity contribution >= 4 is 52.9 Å². The SMILES string of the molecule is O.[Cl][Rh]([Cl])[Cl].c1ccc(P(c2ccccc2)c2ccccc2)cc1. The predicted octanol–water partition coefficient (Wildman–Crippen LogP) is 4.69.